The number of aromatic nitrogens is 2. The Morgan fingerprint density at radius 1 is 0.929 bits per heavy atom. The number of rotatable bonds is 3. The van der Waals surface area contributed by atoms with E-state index in [1.807, 2.05) is 24.3 Å². The fourth-order valence-electron chi connectivity index (χ4n) is 3.53. The molecule has 0 N–H and O–H groups in total. The lowest BCUT2D eigenvalue weighted by atomic mass is 10.2. The van der Waals surface area contributed by atoms with Gasteiger partial charge in [-0.15, -0.1) is 0 Å². The number of ether oxygens (including phenoxy) is 1. The molecule has 1 saturated heterocycles. The normalized spacial score (nSPS) is 15.0. The standard InChI is InChI=1S/C20H19ClN4OS2/c1-12-6-7-13(21)18-16(12)22-20(28-18)25-10-8-24(9-11-25)19-23-17-14(26-2)4-3-5-15(17)27-19/h3-7H,8-11H2,1-2H3. The van der Waals surface area contributed by atoms with Gasteiger partial charge in [0.15, 0.2) is 10.3 Å². The zero-order valence-electron chi connectivity index (χ0n) is 15.6. The lowest BCUT2D eigenvalue weighted by Gasteiger charge is -2.34. The summed E-state index contributed by atoms with van der Waals surface area (Å²) in [6.07, 6.45) is 0. The molecule has 2 aromatic carbocycles. The first-order chi connectivity index (χ1) is 13.6. The Balaban J connectivity index is 1.37. The molecular weight excluding hydrogens is 412 g/mol. The Labute approximate surface area is 176 Å². The van der Waals surface area contributed by atoms with Crippen LogP contribution in [0.15, 0.2) is 30.3 Å². The molecule has 3 heterocycles. The van der Waals surface area contributed by atoms with Gasteiger partial charge in [0.25, 0.3) is 0 Å². The summed E-state index contributed by atoms with van der Waals surface area (Å²) >= 11 is 9.78. The van der Waals surface area contributed by atoms with E-state index in [0.29, 0.717) is 0 Å². The Hall–Kier alpha value is -2.09. The van der Waals surface area contributed by atoms with Gasteiger partial charge < -0.3 is 14.5 Å². The van der Waals surface area contributed by atoms with Crippen LogP contribution in [-0.4, -0.2) is 43.3 Å². The summed E-state index contributed by atoms with van der Waals surface area (Å²) in [5.41, 5.74) is 3.14. The molecule has 0 radical (unpaired) electrons. The molecule has 0 saturated carbocycles. The Kier molecular flexibility index (Phi) is 4.53. The number of methoxy groups -OCH3 is 1. The van der Waals surface area contributed by atoms with Crippen molar-refractivity contribution in [1.29, 1.82) is 0 Å². The third-order valence-electron chi connectivity index (χ3n) is 5.10. The van der Waals surface area contributed by atoms with E-state index >= 15 is 0 Å². The van der Waals surface area contributed by atoms with Crippen LogP contribution in [0, 0.1) is 6.92 Å². The topological polar surface area (TPSA) is 41.5 Å². The van der Waals surface area contributed by atoms with Crippen molar-refractivity contribution in [1.82, 2.24) is 9.97 Å². The van der Waals surface area contributed by atoms with E-state index in [4.69, 9.17) is 26.3 Å². The number of fused-ring (bicyclic) bond motifs is 2. The monoisotopic (exact) mass is 430 g/mol. The lowest BCUT2D eigenvalue weighted by molar-refractivity contribution is 0.419. The molecule has 0 unspecified atom stereocenters. The number of nitrogens with zero attached hydrogens (tertiary/aromatic N) is 4. The van der Waals surface area contributed by atoms with E-state index in [0.717, 1.165) is 67.6 Å². The second-order valence-corrected chi connectivity index (χ2v) is 9.21. The van der Waals surface area contributed by atoms with Gasteiger partial charge in [0.05, 0.1) is 27.0 Å². The summed E-state index contributed by atoms with van der Waals surface area (Å²) < 4.78 is 7.69. The van der Waals surface area contributed by atoms with Gasteiger partial charge in [0.2, 0.25) is 0 Å². The number of hydrogen-bond acceptors (Lipinski definition) is 7. The minimum atomic E-state index is 0.784. The number of benzene rings is 2. The molecular formula is C20H19ClN4OS2. The zero-order valence-corrected chi connectivity index (χ0v) is 18.0. The van der Waals surface area contributed by atoms with Gasteiger partial charge in [-0.1, -0.05) is 46.4 Å². The summed E-state index contributed by atoms with van der Waals surface area (Å²) in [6.45, 7) is 5.77. The van der Waals surface area contributed by atoms with Crippen LogP contribution in [0.25, 0.3) is 20.4 Å². The quantitative estimate of drug-likeness (QED) is 0.446. The highest BCUT2D eigenvalue weighted by atomic mass is 35.5. The van der Waals surface area contributed by atoms with Crippen molar-refractivity contribution in [2.45, 2.75) is 6.92 Å². The van der Waals surface area contributed by atoms with E-state index in [-0.39, 0.29) is 0 Å². The highest BCUT2D eigenvalue weighted by Crippen LogP contribution is 2.37. The van der Waals surface area contributed by atoms with Crippen molar-refractivity contribution in [3.63, 3.8) is 0 Å². The minimum absolute atomic E-state index is 0.784. The molecule has 28 heavy (non-hydrogen) atoms. The number of thiazole rings is 2. The Morgan fingerprint density at radius 3 is 2.29 bits per heavy atom. The summed E-state index contributed by atoms with van der Waals surface area (Å²) in [7, 11) is 1.69. The molecule has 144 valence electrons. The summed E-state index contributed by atoms with van der Waals surface area (Å²) in [6, 6.07) is 10.1. The fourth-order valence-corrected chi connectivity index (χ4v) is 5.93. The summed E-state index contributed by atoms with van der Waals surface area (Å²) in [4.78, 5) is 14.4. The minimum Gasteiger partial charge on any atom is -0.494 e. The molecule has 0 atom stereocenters. The number of para-hydroxylation sites is 1. The van der Waals surface area contributed by atoms with Crippen molar-refractivity contribution in [3.05, 3.63) is 40.9 Å². The maximum Gasteiger partial charge on any atom is 0.186 e. The second kappa shape index (κ2) is 7.06. The second-order valence-electron chi connectivity index (χ2n) is 6.82. The number of aryl methyl sites for hydroxylation is 1. The molecule has 0 aliphatic carbocycles. The van der Waals surface area contributed by atoms with Crippen LogP contribution in [0.5, 0.6) is 5.75 Å². The van der Waals surface area contributed by atoms with Crippen LogP contribution in [0.2, 0.25) is 5.02 Å². The molecule has 0 bridgehead atoms. The predicted molar refractivity (Wildman–Crippen MR) is 120 cm³/mol. The van der Waals surface area contributed by atoms with Gasteiger partial charge >= 0.3 is 0 Å². The first-order valence-corrected chi connectivity index (χ1v) is 11.1. The molecule has 1 fully saturated rings. The van der Waals surface area contributed by atoms with Crippen LogP contribution >= 0.6 is 34.3 Å². The molecule has 4 aromatic rings. The van der Waals surface area contributed by atoms with Crippen molar-refractivity contribution in [2.24, 2.45) is 0 Å². The van der Waals surface area contributed by atoms with Gasteiger partial charge in [-0.05, 0) is 30.7 Å². The van der Waals surface area contributed by atoms with Crippen molar-refractivity contribution in [3.8, 4) is 5.75 Å². The van der Waals surface area contributed by atoms with E-state index < -0.39 is 0 Å². The van der Waals surface area contributed by atoms with Crippen LogP contribution in [0.1, 0.15) is 5.56 Å². The summed E-state index contributed by atoms with van der Waals surface area (Å²) in [5.74, 6) is 0.834. The highest BCUT2D eigenvalue weighted by Gasteiger charge is 2.23. The molecule has 5 nitrogen and oxygen atoms in total. The third kappa shape index (κ3) is 2.98. The molecule has 5 rings (SSSR count). The van der Waals surface area contributed by atoms with Crippen LogP contribution < -0.4 is 14.5 Å². The SMILES string of the molecule is COc1cccc2sc(N3CCN(c4nc5c(C)ccc(Cl)c5s4)CC3)nc12. The van der Waals surface area contributed by atoms with Gasteiger partial charge in [-0.25, -0.2) is 9.97 Å². The van der Waals surface area contributed by atoms with E-state index in [9.17, 15) is 0 Å². The Morgan fingerprint density at radius 2 is 1.61 bits per heavy atom. The molecule has 1 aliphatic heterocycles. The van der Waals surface area contributed by atoms with E-state index in [1.54, 1.807) is 29.8 Å². The predicted octanol–water partition coefficient (Wildman–Crippen LogP) is 5.20. The summed E-state index contributed by atoms with van der Waals surface area (Å²) in [5, 5.41) is 2.89. The smallest absolute Gasteiger partial charge is 0.186 e. The van der Waals surface area contributed by atoms with Gasteiger partial charge in [0, 0.05) is 26.2 Å². The van der Waals surface area contributed by atoms with Gasteiger partial charge in [-0.3, -0.25) is 0 Å². The average Bonchev–Trinajstić information content (AvgIpc) is 3.36. The highest BCUT2D eigenvalue weighted by molar-refractivity contribution is 7.23. The van der Waals surface area contributed by atoms with E-state index in [2.05, 4.69) is 22.8 Å². The van der Waals surface area contributed by atoms with Crippen LogP contribution in [0.4, 0.5) is 10.3 Å². The van der Waals surface area contributed by atoms with Crippen molar-refractivity contribution < 1.29 is 4.74 Å². The van der Waals surface area contributed by atoms with E-state index in [1.165, 1.54) is 5.56 Å². The maximum atomic E-state index is 6.37. The first kappa shape index (κ1) is 18.0. The maximum absolute atomic E-state index is 6.37. The molecule has 8 heteroatoms. The first-order valence-electron chi connectivity index (χ1n) is 9.13. The lowest BCUT2D eigenvalue weighted by Crippen LogP contribution is -2.46. The van der Waals surface area contributed by atoms with Crippen LogP contribution in [-0.2, 0) is 0 Å². The fraction of sp³-hybridized carbons (Fsp3) is 0.300. The molecule has 2 aromatic heterocycles. The van der Waals surface area contributed by atoms with Crippen molar-refractivity contribution in [2.75, 3.05) is 43.1 Å². The van der Waals surface area contributed by atoms with Crippen molar-refractivity contribution >= 4 is 65.0 Å². The number of hydrogen-bond donors (Lipinski definition) is 0. The van der Waals surface area contributed by atoms with Gasteiger partial charge in [0.1, 0.15) is 11.3 Å². The largest absolute Gasteiger partial charge is 0.494 e. The Bertz CT molecular complexity index is 1120. The number of piperazine rings is 1. The van der Waals surface area contributed by atoms with Crippen LogP contribution in [0.3, 0.4) is 0 Å². The number of halogens is 1. The van der Waals surface area contributed by atoms with Gasteiger partial charge in [-0.2, -0.15) is 0 Å². The molecule has 0 amide bonds. The average molecular weight is 431 g/mol. The third-order valence-corrected chi connectivity index (χ3v) is 7.76. The molecule has 0 spiro atoms. The molecule has 1 aliphatic rings. The zero-order chi connectivity index (χ0) is 19.3. The number of anilines is 2.